The zero-order valence-electron chi connectivity index (χ0n) is 20.0. The van der Waals surface area contributed by atoms with E-state index >= 15 is 0 Å². The molecule has 0 aromatic heterocycles. The fourth-order valence-electron chi connectivity index (χ4n) is 4.14. The van der Waals surface area contributed by atoms with E-state index in [1.807, 2.05) is 12.1 Å². The molecule has 2 fully saturated rings. The number of ether oxygens (including phenoxy) is 3. The van der Waals surface area contributed by atoms with Crippen LogP contribution in [0.5, 0.6) is 11.5 Å². The van der Waals surface area contributed by atoms with Crippen LogP contribution >= 0.6 is 24.0 Å². The third kappa shape index (κ3) is 7.64. The number of benzene rings is 1. The fourth-order valence-corrected chi connectivity index (χ4v) is 4.14. The van der Waals surface area contributed by atoms with Crippen molar-refractivity contribution < 1.29 is 14.2 Å². The van der Waals surface area contributed by atoms with Crippen molar-refractivity contribution in [3.63, 3.8) is 0 Å². The zero-order chi connectivity index (χ0) is 22.1. The molecule has 0 spiro atoms. The number of hydrogen-bond donors (Lipinski definition) is 1. The maximum Gasteiger partial charge on any atom is 0.194 e. The van der Waals surface area contributed by atoms with Gasteiger partial charge in [0.25, 0.3) is 0 Å². The normalized spacial score (nSPS) is 19.2. The molecule has 32 heavy (non-hydrogen) atoms. The van der Waals surface area contributed by atoms with Crippen LogP contribution in [-0.2, 0) is 11.3 Å². The van der Waals surface area contributed by atoms with Gasteiger partial charge in [0.1, 0.15) is 11.5 Å². The van der Waals surface area contributed by atoms with Crippen molar-refractivity contribution in [2.45, 2.75) is 26.4 Å². The molecule has 2 aliphatic rings. The van der Waals surface area contributed by atoms with Crippen LogP contribution in [0.4, 0.5) is 0 Å². The Labute approximate surface area is 210 Å². The molecule has 1 atom stereocenters. The Morgan fingerprint density at radius 3 is 2.44 bits per heavy atom. The number of aliphatic imine (C=N–C) groups is 1. The molecule has 0 aliphatic carbocycles. The molecule has 1 unspecified atom stereocenters. The lowest BCUT2D eigenvalue weighted by molar-refractivity contribution is 0.0220. The average Bonchev–Trinajstić information content (AvgIpc) is 2.82. The summed E-state index contributed by atoms with van der Waals surface area (Å²) in [4.78, 5) is 12.3. The van der Waals surface area contributed by atoms with Crippen molar-refractivity contribution in [2.24, 2.45) is 4.99 Å². The summed E-state index contributed by atoms with van der Waals surface area (Å²) in [6.07, 6.45) is 0. The highest BCUT2D eigenvalue weighted by molar-refractivity contribution is 14.0. The molecule has 2 heterocycles. The van der Waals surface area contributed by atoms with Gasteiger partial charge in [-0.3, -0.25) is 14.8 Å². The Balaban J connectivity index is 0.00000363. The standard InChI is InChI=1S/C23H39N5O3.HI/c1-5-24-23(25-17-19(2)27-12-14-31-15-13-27)28-10-8-26(9-11-28)18-20-16-21(29-3)6-7-22(20)30-4;/h6-7,16,19H,5,8-15,17-18H2,1-4H3,(H,24,25);1H. The van der Waals surface area contributed by atoms with E-state index in [1.54, 1.807) is 14.2 Å². The minimum atomic E-state index is 0. The summed E-state index contributed by atoms with van der Waals surface area (Å²) in [7, 11) is 3.42. The molecule has 182 valence electrons. The third-order valence-corrected chi connectivity index (χ3v) is 6.06. The first-order valence-electron chi connectivity index (χ1n) is 11.4. The molecular formula is C23H40IN5O3. The fraction of sp³-hybridized carbons (Fsp3) is 0.696. The first-order chi connectivity index (χ1) is 15.1. The van der Waals surface area contributed by atoms with Gasteiger partial charge in [-0.25, -0.2) is 0 Å². The predicted molar refractivity (Wildman–Crippen MR) is 140 cm³/mol. The quantitative estimate of drug-likeness (QED) is 0.297. The van der Waals surface area contributed by atoms with Crippen molar-refractivity contribution in [3.8, 4) is 11.5 Å². The number of hydrogen-bond acceptors (Lipinski definition) is 6. The molecule has 0 saturated carbocycles. The number of piperazine rings is 1. The number of rotatable bonds is 8. The van der Waals surface area contributed by atoms with Gasteiger partial charge in [0.2, 0.25) is 0 Å². The van der Waals surface area contributed by atoms with Crippen molar-refractivity contribution in [2.75, 3.05) is 79.8 Å². The first-order valence-corrected chi connectivity index (χ1v) is 11.4. The third-order valence-electron chi connectivity index (χ3n) is 6.06. The lowest BCUT2D eigenvalue weighted by atomic mass is 10.1. The topological polar surface area (TPSA) is 61.8 Å². The zero-order valence-corrected chi connectivity index (χ0v) is 22.3. The molecule has 1 aromatic carbocycles. The maximum absolute atomic E-state index is 5.55. The smallest absolute Gasteiger partial charge is 0.194 e. The second-order valence-corrected chi connectivity index (χ2v) is 8.13. The lowest BCUT2D eigenvalue weighted by Gasteiger charge is -2.37. The summed E-state index contributed by atoms with van der Waals surface area (Å²) in [5, 5.41) is 3.49. The summed E-state index contributed by atoms with van der Waals surface area (Å²) >= 11 is 0. The van der Waals surface area contributed by atoms with Gasteiger partial charge in [-0.05, 0) is 32.0 Å². The summed E-state index contributed by atoms with van der Waals surface area (Å²) in [5.74, 6) is 2.81. The van der Waals surface area contributed by atoms with Crippen LogP contribution in [0.2, 0.25) is 0 Å². The molecule has 2 aliphatic heterocycles. The predicted octanol–water partition coefficient (Wildman–Crippen LogP) is 2.13. The lowest BCUT2D eigenvalue weighted by Crippen LogP contribution is -2.52. The highest BCUT2D eigenvalue weighted by atomic mass is 127. The van der Waals surface area contributed by atoms with Crippen molar-refractivity contribution >= 4 is 29.9 Å². The van der Waals surface area contributed by atoms with Gasteiger partial charge in [0, 0.05) is 64.0 Å². The number of guanidine groups is 1. The van der Waals surface area contributed by atoms with Crippen LogP contribution in [0.25, 0.3) is 0 Å². The van der Waals surface area contributed by atoms with Crippen LogP contribution in [-0.4, -0.2) is 106 Å². The van der Waals surface area contributed by atoms with Crippen molar-refractivity contribution in [1.82, 2.24) is 20.0 Å². The molecule has 1 N–H and O–H groups in total. The first kappa shape index (κ1) is 26.9. The van der Waals surface area contributed by atoms with Gasteiger partial charge < -0.3 is 24.4 Å². The van der Waals surface area contributed by atoms with E-state index in [4.69, 9.17) is 19.2 Å². The highest BCUT2D eigenvalue weighted by Crippen LogP contribution is 2.25. The number of nitrogens with one attached hydrogen (secondary N) is 1. The van der Waals surface area contributed by atoms with Crippen LogP contribution in [0.1, 0.15) is 19.4 Å². The molecule has 0 bridgehead atoms. The van der Waals surface area contributed by atoms with E-state index in [-0.39, 0.29) is 24.0 Å². The van der Waals surface area contributed by atoms with E-state index in [2.05, 4.69) is 39.9 Å². The highest BCUT2D eigenvalue weighted by Gasteiger charge is 2.22. The Morgan fingerprint density at radius 1 is 1.09 bits per heavy atom. The summed E-state index contributed by atoms with van der Waals surface area (Å²) in [6.45, 7) is 14.5. The molecule has 2 saturated heterocycles. The molecule has 1 aromatic rings. The van der Waals surface area contributed by atoms with Crippen LogP contribution in [0, 0.1) is 0 Å². The number of morpholine rings is 1. The Hall–Kier alpha value is -1.30. The Bertz CT molecular complexity index is 707. The molecule has 3 rings (SSSR count). The van der Waals surface area contributed by atoms with E-state index in [1.165, 1.54) is 0 Å². The van der Waals surface area contributed by atoms with Gasteiger partial charge >= 0.3 is 0 Å². The minimum Gasteiger partial charge on any atom is -0.497 e. The Kier molecular flexibility index (Phi) is 11.8. The summed E-state index contributed by atoms with van der Waals surface area (Å²) < 4.78 is 16.4. The molecular weight excluding hydrogens is 521 g/mol. The van der Waals surface area contributed by atoms with Crippen LogP contribution in [0.15, 0.2) is 23.2 Å². The largest absolute Gasteiger partial charge is 0.497 e. The van der Waals surface area contributed by atoms with Crippen molar-refractivity contribution in [1.29, 1.82) is 0 Å². The van der Waals surface area contributed by atoms with Gasteiger partial charge in [-0.15, -0.1) is 24.0 Å². The molecule has 0 amide bonds. The SMILES string of the molecule is CCNC(=NCC(C)N1CCOCC1)N1CCN(Cc2cc(OC)ccc2OC)CC1.I. The molecule has 8 nitrogen and oxygen atoms in total. The second kappa shape index (κ2) is 14.1. The van der Waals surface area contributed by atoms with E-state index in [0.717, 1.165) is 95.1 Å². The van der Waals surface area contributed by atoms with Gasteiger partial charge in [-0.1, -0.05) is 0 Å². The van der Waals surface area contributed by atoms with Crippen LogP contribution in [0.3, 0.4) is 0 Å². The number of halogens is 1. The van der Waals surface area contributed by atoms with E-state index < -0.39 is 0 Å². The van der Waals surface area contributed by atoms with Crippen molar-refractivity contribution in [3.05, 3.63) is 23.8 Å². The maximum atomic E-state index is 5.55. The van der Waals surface area contributed by atoms with E-state index in [9.17, 15) is 0 Å². The van der Waals surface area contributed by atoms with E-state index in [0.29, 0.717) is 6.04 Å². The van der Waals surface area contributed by atoms with Gasteiger partial charge in [-0.2, -0.15) is 0 Å². The van der Waals surface area contributed by atoms with Gasteiger partial charge in [0.05, 0.1) is 34.0 Å². The number of methoxy groups -OCH3 is 2. The Morgan fingerprint density at radius 2 is 1.81 bits per heavy atom. The monoisotopic (exact) mass is 561 g/mol. The average molecular weight is 562 g/mol. The molecule has 9 heteroatoms. The number of nitrogens with zero attached hydrogens (tertiary/aromatic N) is 4. The van der Waals surface area contributed by atoms with Gasteiger partial charge in [0.15, 0.2) is 5.96 Å². The second-order valence-electron chi connectivity index (χ2n) is 8.13. The molecule has 0 radical (unpaired) electrons. The van der Waals surface area contributed by atoms with Crippen LogP contribution < -0.4 is 14.8 Å². The summed E-state index contributed by atoms with van der Waals surface area (Å²) in [6, 6.07) is 6.43. The summed E-state index contributed by atoms with van der Waals surface area (Å²) in [5.41, 5.74) is 1.16. The minimum absolute atomic E-state index is 0.